The molecule has 0 aliphatic carbocycles. The summed E-state index contributed by atoms with van der Waals surface area (Å²) < 4.78 is 2.26. The highest BCUT2D eigenvalue weighted by Gasteiger charge is 2.31. The standard InChI is InChI=1S/C22H31N5O2S/c1-15(2)11-25-14-23-10-19(25)9-20-13-30-22(26(20)12-16(3)4)24-21-7-6-18(27(28)29)8-17(21)5/h6-8,10,14-16,20H,9,11-13H2,1-5H3/t20-/m0/s1. The number of thioether (sulfide) groups is 1. The summed E-state index contributed by atoms with van der Waals surface area (Å²) in [5.41, 5.74) is 2.98. The lowest BCUT2D eigenvalue weighted by atomic mass is 10.1. The van der Waals surface area contributed by atoms with Gasteiger partial charge in [-0.15, -0.1) is 0 Å². The third kappa shape index (κ3) is 5.41. The normalized spacial score (nSPS) is 18.2. The third-order valence-electron chi connectivity index (χ3n) is 5.07. The van der Waals surface area contributed by atoms with Gasteiger partial charge in [0.1, 0.15) is 0 Å². The predicted molar refractivity (Wildman–Crippen MR) is 123 cm³/mol. The van der Waals surface area contributed by atoms with Gasteiger partial charge in [0.2, 0.25) is 0 Å². The van der Waals surface area contributed by atoms with E-state index in [1.54, 1.807) is 23.9 Å². The average molecular weight is 430 g/mol. The summed E-state index contributed by atoms with van der Waals surface area (Å²) in [6.45, 7) is 12.7. The molecule has 0 radical (unpaired) electrons. The lowest BCUT2D eigenvalue weighted by molar-refractivity contribution is -0.384. The molecule has 0 bridgehead atoms. The van der Waals surface area contributed by atoms with Gasteiger partial charge in [0, 0.05) is 55.3 Å². The largest absolute Gasteiger partial charge is 0.347 e. The highest BCUT2D eigenvalue weighted by molar-refractivity contribution is 8.14. The molecule has 2 aromatic rings. The van der Waals surface area contributed by atoms with E-state index >= 15 is 0 Å². The van der Waals surface area contributed by atoms with Crippen molar-refractivity contribution in [2.24, 2.45) is 16.8 Å². The van der Waals surface area contributed by atoms with Gasteiger partial charge in [-0.05, 0) is 30.4 Å². The molecule has 1 aliphatic rings. The van der Waals surface area contributed by atoms with Gasteiger partial charge in [0.25, 0.3) is 5.69 Å². The van der Waals surface area contributed by atoms with Gasteiger partial charge in [-0.1, -0.05) is 39.5 Å². The van der Waals surface area contributed by atoms with Crippen molar-refractivity contribution in [3.8, 4) is 0 Å². The summed E-state index contributed by atoms with van der Waals surface area (Å²) in [4.78, 5) is 22.3. The Morgan fingerprint density at radius 3 is 2.63 bits per heavy atom. The van der Waals surface area contributed by atoms with Crippen LogP contribution in [0.5, 0.6) is 0 Å². The van der Waals surface area contributed by atoms with Crippen molar-refractivity contribution in [3.05, 3.63) is 52.1 Å². The number of nitro groups is 1. The van der Waals surface area contributed by atoms with Gasteiger partial charge in [-0.25, -0.2) is 9.98 Å². The van der Waals surface area contributed by atoms with Gasteiger partial charge in [-0.2, -0.15) is 0 Å². The number of aryl methyl sites for hydroxylation is 1. The second-order valence-corrected chi connectivity index (χ2v) is 9.76. The van der Waals surface area contributed by atoms with Gasteiger partial charge in [-0.3, -0.25) is 10.1 Å². The number of nitrogens with zero attached hydrogens (tertiary/aromatic N) is 5. The maximum absolute atomic E-state index is 11.0. The van der Waals surface area contributed by atoms with E-state index in [0.29, 0.717) is 17.9 Å². The van der Waals surface area contributed by atoms with Crippen molar-refractivity contribution in [3.63, 3.8) is 0 Å². The fourth-order valence-corrected chi connectivity index (χ4v) is 4.88. The molecule has 1 aromatic heterocycles. The van der Waals surface area contributed by atoms with Crippen molar-refractivity contribution in [1.82, 2.24) is 14.5 Å². The zero-order valence-electron chi connectivity index (χ0n) is 18.4. The SMILES string of the molecule is Cc1cc([N+](=O)[O-])ccc1N=C1SC[C@H](Cc2cncn2CC(C)C)N1CC(C)C. The Labute approximate surface area is 182 Å². The summed E-state index contributed by atoms with van der Waals surface area (Å²) in [6.07, 6.45) is 4.85. The molecule has 0 spiro atoms. The third-order valence-corrected chi connectivity index (χ3v) is 6.20. The monoisotopic (exact) mass is 429 g/mol. The van der Waals surface area contributed by atoms with Gasteiger partial charge >= 0.3 is 0 Å². The Balaban J connectivity index is 1.84. The first-order chi connectivity index (χ1) is 14.2. The smallest absolute Gasteiger partial charge is 0.269 e. The molecule has 2 heterocycles. The molecule has 1 aliphatic heterocycles. The van der Waals surface area contributed by atoms with Gasteiger partial charge in [0.15, 0.2) is 5.17 Å². The molecule has 0 amide bonds. The van der Waals surface area contributed by atoms with Crippen molar-refractivity contribution >= 4 is 28.3 Å². The Morgan fingerprint density at radius 2 is 2.00 bits per heavy atom. The maximum Gasteiger partial charge on any atom is 0.269 e. The fraction of sp³-hybridized carbons (Fsp3) is 0.545. The summed E-state index contributed by atoms with van der Waals surface area (Å²) in [6, 6.07) is 5.23. The van der Waals surface area contributed by atoms with E-state index in [9.17, 15) is 10.1 Å². The minimum absolute atomic E-state index is 0.103. The van der Waals surface area contributed by atoms with Crippen LogP contribution in [0, 0.1) is 28.9 Å². The molecule has 0 N–H and O–H groups in total. The summed E-state index contributed by atoms with van der Waals surface area (Å²) in [5, 5.41) is 12.0. The van der Waals surface area contributed by atoms with E-state index in [2.05, 4.69) is 42.1 Å². The molecule has 1 aromatic carbocycles. The van der Waals surface area contributed by atoms with Crippen LogP contribution in [0.25, 0.3) is 0 Å². The molecule has 0 unspecified atom stereocenters. The van der Waals surface area contributed by atoms with E-state index in [1.807, 2.05) is 19.4 Å². The Kier molecular flexibility index (Phi) is 7.18. The van der Waals surface area contributed by atoms with Crippen LogP contribution in [-0.2, 0) is 13.0 Å². The lowest BCUT2D eigenvalue weighted by Gasteiger charge is -2.28. The Hall–Kier alpha value is -2.35. The fourth-order valence-electron chi connectivity index (χ4n) is 3.68. The minimum atomic E-state index is -0.365. The van der Waals surface area contributed by atoms with Crippen molar-refractivity contribution in [2.75, 3.05) is 12.3 Å². The quantitative estimate of drug-likeness (QED) is 0.433. The molecule has 1 atom stereocenters. The van der Waals surface area contributed by atoms with E-state index in [1.165, 1.54) is 11.8 Å². The average Bonchev–Trinajstić information content (AvgIpc) is 3.24. The van der Waals surface area contributed by atoms with Crippen LogP contribution < -0.4 is 0 Å². The van der Waals surface area contributed by atoms with Crippen LogP contribution in [-0.4, -0.2) is 42.9 Å². The van der Waals surface area contributed by atoms with E-state index in [-0.39, 0.29) is 10.6 Å². The lowest BCUT2D eigenvalue weighted by Crippen LogP contribution is -2.38. The number of aliphatic imine (C=N–C) groups is 1. The van der Waals surface area contributed by atoms with Crippen LogP contribution >= 0.6 is 11.8 Å². The van der Waals surface area contributed by atoms with Gasteiger partial charge < -0.3 is 9.47 Å². The molecule has 7 nitrogen and oxygen atoms in total. The number of hydrogen-bond donors (Lipinski definition) is 0. The molecule has 8 heteroatoms. The van der Waals surface area contributed by atoms with Crippen molar-refractivity contribution in [2.45, 2.75) is 53.6 Å². The topological polar surface area (TPSA) is 76.6 Å². The molecular weight excluding hydrogens is 398 g/mol. The predicted octanol–water partition coefficient (Wildman–Crippen LogP) is 5.06. The number of non-ortho nitro benzene ring substituents is 1. The van der Waals surface area contributed by atoms with E-state index in [0.717, 1.165) is 41.7 Å². The summed E-state index contributed by atoms with van der Waals surface area (Å²) >= 11 is 1.77. The first-order valence-electron chi connectivity index (χ1n) is 10.5. The van der Waals surface area contributed by atoms with E-state index < -0.39 is 0 Å². The number of rotatable bonds is 8. The van der Waals surface area contributed by atoms with Crippen molar-refractivity contribution < 1.29 is 4.92 Å². The second-order valence-electron chi connectivity index (χ2n) is 8.77. The molecule has 3 rings (SSSR count). The highest BCUT2D eigenvalue weighted by Crippen LogP contribution is 2.32. The van der Waals surface area contributed by atoms with Crippen LogP contribution in [0.15, 0.2) is 35.7 Å². The zero-order chi connectivity index (χ0) is 21.8. The molecule has 1 fully saturated rings. The van der Waals surface area contributed by atoms with Crippen LogP contribution in [0.3, 0.4) is 0 Å². The molecule has 30 heavy (non-hydrogen) atoms. The molecule has 162 valence electrons. The number of aromatic nitrogens is 2. The first kappa shape index (κ1) is 22.3. The van der Waals surface area contributed by atoms with Crippen molar-refractivity contribution in [1.29, 1.82) is 0 Å². The van der Waals surface area contributed by atoms with E-state index in [4.69, 9.17) is 4.99 Å². The maximum atomic E-state index is 11.0. The highest BCUT2D eigenvalue weighted by atomic mass is 32.2. The minimum Gasteiger partial charge on any atom is -0.347 e. The Morgan fingerprint density at radius 1 is 1.27 bits per heavy atom. The molecular formula is C22H31N5O2S. The number of benzene rings is 1. The van der Waals surface area contributed by atoms with Crippen LogP contribution in [0.4, 0.5) is 11.4 Å². The Bertz CT molecular complexity index is 922. The van der Waals surface area contributed by atoms with Crippen LogP contribution in [0.1, 0.15) is 39.0 Å². The first-order valence-corrected chi connectivity index (χ1v) is 11.4. The molecule has 0 saturated carbocycles. The number of nitro benzene ring substituents is 1. The second kappa shape index (κ2) is 9.64. The number of amidine groups is 1. The van der Waals surface area contributed by atoms with Gasteiger partial charge in [0.05, 0.1) is 16.9 Å². The number of imidazole rings is 1. The molecule has 1 saturated heterocycles. The zero-order valence-corrected chi connectivity index (χ0v) is 19.2. The number of hydrogen-bond acceptors (Lipinski definition) is 5. The summed E-state index contributed by atoms with van der Waals surface area (Å²) in [5.74, 6) is 2.06. The van der Waals surface area contributed by atoms with Crippen LogP contribution in [0.2, 0.25) is 0 Å². The summed E-state index contributed by atoms with van der Waals surface area (Å²) in [7, 11) is 0.